The van der Waals surface area contributed by atoms with E-state index in [-0.39, 0.29) is 12.1 Å². The van der Waals surface area contributed by atoms with E-state index in [4.69, 9.17) is 5.73 Å². The largest absolute Gasteiger partial charge is 0.399 e. The Balaban J connectivity index is 1.87. The maximum Gasteiger partial charge on any atom is 0.181 e. The van der Waals surface area contributed by atoms with Gasteiger partial charge in [0.1, 0.15) is 6.33 Å². The van der Waals surface area contributed by atoms with Gasteiger partial charge < -0.3 is 5.73 Å². The number of nitrogens with zero attached hydrogens (tertiary/aromatic N) is 3. The number of benzene rings is 2. The van der Waals surface area contributed by atoms with Crippen molar-refractivity contribution >= 4 is 5.69 Å². The van der Waals surface area contributed by atoms with Crippen LogP contribution in [0.25, 0.3) is 11.4 Å². The molecule has 2 aromatic carbocycles. The van der Waals surface area contributed by atoms with Crippen molar-refractivity contribution in [3.05, 3.63) is 66.0 Å². The number of nitrogens with two attached hydrogens (primary N) is 1. The number of nitrogen functional groups attached to an aromatic ring is 1. The molecule has 4 nitrogen and oxygen atoms in total. The molecule has 2 N–H and O–H groups in total. The van der Waals surface area contributed by atoms with Crippen LogP contribution in [-0.2, 0) is 6.54 Å². The lowest BCUT2D eigenvalue weighted by atomic mass is 10.2. The van der Waals surface area contributed by atoms with Crippen LogP contribution in [0.4, 0.5) is 14.5 Å². The summed E-state index contributed by atoms with van der Waals surface area (Å²) in [6.45, 7) is 0.110. The lowest BCUT2D eigenvalue weighted by Gasteiger charge is -2.03. The van der Waals surface area contributed by atoms with E-state index in [0.717, 1.165) is 11.6 Å². The first-order valence-electron chi connectivity index (χ1n) is 6.32. The van der Waals surface area contributed by atoms with E-state index in [1.807, 2.05) is 6.07 Å². The second-order valence-corrected chi connectivity index (χ2v) is 4.60. The van der Waals surface area contributed by atoms with Gasteiger partial charge in [-0.15, -0.1) is 0 Å². The topological polar surface area (TPSA) is 56.7 Å². The Bertz CT molecular complexity index is 783. The Morgan fingerprint density at radius 2 is 1.90 bits per heavy atom. The van der Waals surface area contributed by atoms with E-state index in [0.29, 0.717) is 11.5 Å². The number of halogens is 2. The van der Waals surface area contributed by atoms with Gasteiger partial charge in [-0.05, 0) is 18.2 Å². The quantitative estimate of drug-likeness (QED) is 0.753. The second kappa shape index (κ2) is 5.32. The molecule has 0 spiro atoms. The zero-order valence-electron chi connectivity index (χ0n) is 11.0. The molecule has 0 aliphatic heterocycles. The molecule has 3 rings (SSSR count). The maximum absolute atomic E-state index is 13.6. The smallest absolute Gasteiger partial charge is 0.181 e. The van der Waals surface area contributed by atoms with Crippen molar-refractivity contribution in [2.45, 2.75) is 6.54 Å². The molecule has 3 aromatic rings. The van der Waals surface area contributed by atoms with Crippen molar-refractivity contribution < 1.29 is 8.78 Å². The Hall–Kier alpha value is -2.76. The van der Waals surface area contributed by atoms with Crippen molar-refractivity contribution in [1.82, 2.24) is 14.8 Å². The standard InChI is InChI=1S/C15H12F2N4/c16-13-6-2-4-11(14(13)17)8-21-9-19-15(20-21)10-3-1-5-12(18)7-10/h1-7,9H,8,18H2. The highest BCUT2D eigenvalue weighted by Crippen LogP contribution is 2.18. The number of hydrogen-bond acceptors (Lipinski definition) is 3. The summed E-state index contributed by atoms with van der Waals surface area (Å²) in [4.78, 5) is 4.16. The monoisotopic (exact) mass is 286 g/mol. The normalized spacial score (nSPS) is 10.8. The highest BCUT2D eigenvalue weighted by atomic mass is 19.2. The van der Waals surface area contributed by atoms with Gasteiger partial charge in [-0.3, -0.25) is 0 Å². The second-order valence-electron chi connectivity index (χ2n) is 4.60. The fourth-order valence-electron chi connectivity index (χ4n) is 2.03. The van der Waals surface area contributed by atoms with Gasteiger partial charge >= 0.3 is 0 Å². The first-order valence-corrected chi connectivity index (χ1v) is 6.32. The molecule has 0 fully saturated rings. The molecular weight excluding hydrogens is 274 g/mol. The average Bonchev–Trinajstić information content (AvgIpc) is 2.93. The summed E-state index contributed by atoms with van der Waals surface area (Å²) in [5, 5.41) is 4.25. The van der Waals surface area contributed by atoms with E-state index in [1.165, 1.54) is 23.1 Å². The molecule has 0 saturated heterocycles. The van der Waals surface area contributed by atoms with E-state index >= 15 is 0 Å². The van der Waals surface area contributed by atoms with Crippen molar-refractivity contribution in [2.75, 3.05) is 5.73 Å². The molecule has 0 aliphatic carbocycles. The Morgan fingerprint density at radius 1 is 1.10 bits per heavy atom. The molecule has 106 valence electrons. The molecular formula is C15H12F2N4. The zero-order valence-corrected chi connectivity index (χ0v) is 11.0. The van der Waals surface area contributed by atoms with Crippen LogP contribution in [0.1, 0.15) is 5.56 Å². The Labute approximate surface area is 119 Å². The summed E-state index contributed by atoms with van der Waals surface area (Å²) in [5.74, 6) is -1.25. The molecule has 1 aromatic heterocycles. The van der Waals surface area contributed by atoms with E-state index in [2.05, 4.69) is 10.1 Å². The number of hydrogen-bond donors (Lipinski definition) is 1. The predicted octanol–water partition coefficient (Wildman–Crippen LogP) is 2.85. The third-order valence-electron chi connectivity index (χ3n) is 3.05. The first-order chi connectivity index (χ1) is 10.1. The summed E-state index contributed by atoms with van der Waals surface area (Å²) in [6, 6.07) is 11.2. The van der Waals surface area contributed by atoms with Crippen LogP contribution in [0.15, 0.2) is 48.8 Å². The molecule has 1 heterocycles. The summed E-state index contributed by atoms with van der Waals surface area (Å²) in [5.41, 5.74) is 7.31. The van der Waals surface area contributed by atoms with Gasteiger partial charge in [0.25, 0.3) is 0 Å². The van der Waals surface area contributed by atoms with Crippen LogP contribution in [0, 0.1) is 11.6 Å². The minimum Gasteiger partial charge on any atom is -0.399 e. The Kier molecular flexibility index (Phi) is 3.35. The molecule has 0 bridgehead atoms. The predicted molar refractivity (Wildman–Crippen MR) is 75.3 cm³/mol. The molecule has 0 radical (unpaired) electrons. The fourth-order valence-corrected chi connectivity index (χ4v) is 2.03. The maximum atomic E-state index is 13.6. The highest BCUT2D eigenvalue weighted by Gasteiger charge is 2.10. The third-order valence-corrected chi connectivity index (χ3v) is 3.05. The van der Waals surface area contributed by atoms with Gasteiger partial charge in [0, 0.05) is 16.8 Å². The van der Waals surface area contributed by atoms with Crippen LogP contribution in [-0.4, -0.2) is 14.8 Å². The minimum atomic E-state index is -0.872. The number of rotatable bonds is 3. The van der Waals surface area contributed by atoms with E-state index in [1.54, 1.807) is 18.2 Å². The minimum absolute atomic E-state index is 0.110. The number of aromatic nitrogens is 3. The van der Waals surface area contributed by atoms with Crippen molar-refractivity contribution in [1.29, 1.82) is 0 Å². The van der Waals surface area contributed by atoms with Crippen LogP contribution < -0.4 is 5.73 Å². The van der Waals surface area contributed by atoms with Gasteiger partial charge in [0.15, 0.2) is 17.5 Å². The van der Waals surface area contributed by atoms with Crippen LogP contribution in [0.2, 0.25) is 0 Å². The average molecular weight is 286 g/mol. The summed E-state index contributed by atoms with van der Waals surface area (Å²) in [6.07, 6.45) is 1.48. The van der Waals surface area contributed by atoms with Gasteiger partial charge in [-0.25, -0.2) is 18.4 Å². The van der Waals surface area contributed by atoms with E-state index < -0.39 is 11.6 Å². The molecule has 0 unspecified atom stereocenters. The van der Waals surface area contributed by atoms with Gasteiger partial charge in [-0.2, -0.15) is 5.10 Å². The first kappa shape index (κ1) is 13.2. The summed E-state index contributed by atoms with van der Waals surface area (Å²) < 4.78 is 28.2. The van der Waals surface area contributed by atoms with Crippen molar-refractivity contribution in [2.24, 2.45) is 0 Å². The van der Waals surface area contributed by atoms with Gasteiger partial charge in [0.2, 0.25) is 0 Å². The molecule has 21 heavy (non-hydrogen) atoms. The number of anilines is 1. The van der Waals surface area contributed by atoms with Crippen LogP contribution >= 0.6 is 0 Å². The summed E-state index contributed by atoms with van der Waals surface area (Å²) in [7, 11) is 0. The SMILES string of the molecule is Nc1cccc(-c2ncn(Cc3cccc(F)c3F)n2)c1. The van der Waals surface area contributed by atoms with Crippen molar-refractivity contribution in [3.63, 3.8) is 0 Å². The molecule has 6 heteroatoms. The Morgan fingerprint density at radius 3 is 2.71 bits per heavy atom. The molecule has 0 atom stereocenters. The lowest BCUT2D eigenvalue weighted by Crippen LogP contribution is -2.04. The van der Waals surface area contributed by atoms with Crippen LogP contribution in [0.5, 0.6) is 0 Å². The molecule has 0 amide bonds. The zero-order chi connectivity index (χ0) is 14.8. The lowest BCUT2D eigenvalue weighted by molar-refractivity contribution is 0.492. The third kappa shape index (κ3) is 2.74. The molecule has 0 saturated carbocycles. The van der Waals surface area contributed by atoms with Crippen molar-refractivity contribution in [3.8, 4) is 11.4 Å². The van der Waals surface area contributed by atoms with E-state index in [9.17, 15) is 8.78 Å². The van der Waals surface area contributed by atoms with Gasteiger partial charge in [0.05, 0.1) is 6.54 Å². The van der Waals surface area contributed by atoms with Gasteiger partial charge in [-0.1, -0.05) is 24.3 Å². The van der Waals surface area contributed by atoms with Crippen LogP contribution in [0.3, 0.4) is 0 Å². The highest BCUT2D eigenvalue weighted by molar-refractivity contribution is 5.60. The fraction of sp³-hybridized carbons (Fsp3) is 0.0667. The summed E-state index contributed by atoms with van der Waals surface area (Å²) >= 11 is 0. The molecule has 0 aliphatic rings.